The zero-order chi connectivity index (χ0) is 25.2. The fourth-order valence-corrected chi connectivity index (χ4v) is 6.46. The highest BCUT2D eigenvalue weighted by Crippen LogP contribution is 2.69. The molecule has 1 saturated carbocycles. The van der Waals surface area contributed by atoms with Crippen LogP contribution < -0.4 is 0 Å². The van der Waals surface area contributed by atoms with Crippen LogP contribution in [0.25, 0.3) is 22.5 Å². The van der Waals surface area contributed by atoms with Crippen molar-refractivity contribution in [2.75, 3.05) is 0 Å². The maximum atomic E-state index is 14.5. The molecule has 184 valence electrons. The van der Waals surface area contributed by atoms with Gasteiger partial charge < -0.3 is 5.11 Å². The highest BCUT2D eigenvalue weighted by Gasteiger charge is 2.65. The number of halogens is 2. The first-order valence-corrected chi connectivity index (χ1v) is 12.2. The van der Waals surface area contributed by atoms with Crippen LogP contribution in [0.15, 0.2) is 54.9 Å². The molecule has 2 aliphatic rings. The van der Waals surface area contributed by atoms with E-state index in [0.29, 0.717) is 6.54 Å². The zero-order valence-electron chi connectivity index (χ0n) is 20.4. The van der Waals surface area contributed by atoms with Gasteiger partial charge in [0.15, 0.2) is 0 Å². The Morgan fingerprint density at radius 3 is 2.58 bits per heavy atom. The first kappa shape index (κ1) is 22.9. The van der Waals surface area contributed by atoms with Gasteiger partial charge in [-0.2, -0.15) is 10.2 Å². The number of aromatic nitrogens is 5. The van der Waals surface area contributed by atoms with Gasteiger partial charge in [-0.3, -0.25) is 9.67 Å². The van der Waals surface area contributed by atoms with Crippen molar-refractivity contribution in [2.24, 2.45) is 5.41 Å². The summed E-state index contributed by atoms with van der Waals surface area (Å²) in [5.41, 5.74) is 3.83. The van der Waals surface area contributed by atoms with E-state index in [1.807, 2.05) is 30.5 Å². The topological polar surface area (TPSA) is 76.7 Å². The van der Waals surface area contributed by atoms with E-state index in [9.17, 15) is 13.9 Å². The average molecular weight is 488 g/mol. The van der Waals surface area contributed by atoms with E-state index < -0.39 is 23.2 Å². The van der Waals surface area contributed by atoms with Crippen LogP contribution in [0.1, 0.15) is 56.5 Å². The number of benzene rings is 1. The molecule has 0 saturated heterocycles. The largest absolute Gasteiger partial charge is 0.391 e. The second-order valence-corrected chi connectivity index (χ2v) is 10.6. The standard InChI is InChI=1S/C28H27F2N5O/c1-16(36)14-35-15-17(13-31-35)22-8-5-9-24(32-22)28-11-10-19(27(28,2)3)18-12-23(33-34-26(18)28)25-20(29)6-4-7-21(25)30/h4-9,12-13,15-16,19,36H,10-11,14H2,1-3H3/t16-,19-,28-/m0/s1. The van der Waals surface area contributed by atoms with Crippen molar-refractivity contribution in [3.05, 3.63) is 83.4 Å². The maximum absolute atomic E-state index is 14.5. The van der Waals surface area contributed by atoms with Crippen LogP contribution in [-0.4, -0.2) is 36.2 Å². The summed E-state index contributed by atoms with van der Waals surface area (Å²) in [4.78, 5) is 5.09. The van der Waals surface area contributed by atoms with Crippen molar-refractivity contribution in [2.45, 2.75) is 57.6 Å². The first-order valence-electron chi connectivity index (χ1n) is 12.2. The lowest BCUT2D eigenvalue weighted by molar-refractivity contribution is 0.168. The van der Waals surface area contributed by atoms with Gasteiger partial charge in [-0.25, -0.2) is 8.78 Å². The Labute approximate surface area is 208 Å². The third kappa shape index (κ3) is 3.17. The fraction of sp³-hybridized carbons (Fsp3) is 0.357. The Kier molecular flexibility index (Phi) is 5.09. The average Bonchev–Trinajstić information content (AvgIpc) is 3.46. The number of nitrogens with zero attached hydrogens (tertiary/aromatic N) is 5. The first-order chi connectivity index (χ1) is 17.2. The van der Waals surface area contributed by atoms with Gasteiger partial charge in [0.05, 0.1) is 52.6 Å². The van der Waals surface area contributed by atoms with Crippen LogP contribution in [0, 0.1) is 17.0 Å². The van der Waals surface area contributed by atoms with E-state index in [1.165, 1.54) is 18.2 Å². The zero-order valence-corrected chi connectivity index (χ0v) is 20.4. The van der Waals surface area contributed by atoms with Crippen LogP contribution in [0.3, 0.4) is 0 Å². The molecule has 3 heterocycles. The van der Waals surface area contributed by atoms with Gasteiger partial charge in [-0.1, -0.05) is 26.0 Å². The summed E-state index contributed by atoms with van der Waals surface area (Å²) in [5.74, 6) is -1.12. The molecule has 2 bridgehead atoms. The molecule has 0 amide bonds. The highest BCUT2D eigenvalue weighted by atomic mass is 19.1. The van der Waals surface area contributed by atoms with Gasteiger partial charge in [0.25, 0.3) is 0 Å². The van der Waals surface area contributed by atoms with Crippen LogP contribution in [0.2, 0.25) is 0 Å². The SMILES string of the molecule is C[C@H](O)Cn1cc(-c2cccc([C@@]34CC[C@@H](c5cc(-c6c(F)cccc6F)nnc53)C4(C)C)n2)cn1. The van der Waals surface area contributed by atoms with Gasteiger partial charge in [0.1, 0.15) is 11.6 Å². The minimum Gasteiger partial charge on any atom is -0.391 e. The Hall–Kier alpha value is -3.52. The summed E-state index contributed by atoms with van der Waals surface area (Å²) in [6, 6.07) is 11.6. The molecule has 8 heteroatoms. The summed E-state index contributed by atoms with van der Waals surface area (Å²) < 4.78 is 30.7. The Balaban J connectivity index is 1.46. The molecular formula is C28H27F2N5O. The second-order valence-electron chi connectivity index (χ2n) is 10.6. The molecule has 0 radical (unpaired) electrons. The number of fused-ring (bicyclic) bond motifs is 5. The quantitative estimate of drug-likeness (QED) is 0.415. The monoisotopic (exact) mass is 487 g/mol. The lowest BCUT2D eigenvalue weighted by Crippen LogP contribution is -2.37. The van der Waals surface area contributed by atoms with Gasteiger partial charge >= 0.3 is 0 Å². The lowest BCUT2D eigenvalue weighted by atomic mass is 9.66. The lowest BCUT2D eigenvalue weighted by Gasteiger charge is -2.37. The highest BCUT2D eigenvalue weighted by molar-refractivity contribution is 5.65. The summed E-state index contributed by atoms with van der Waals surface area (Å²) in [6.45, 7) is 6.59. The number of aliphatic hydroxyl groups excluding tert-OH is 1. The van der Waals surface area contributed by atoms with Gasteiger partial charge in [0.2, 0.25) is 0 Å². The molecule has 4 aromatic rings. The molecule has 0 unspecified atom stereocenters. The normalized spacial score (nSPS) is 22.6. The maximum Gasteiger partial charge on any atom is 0.135 e. The van der Waals surface area contributed by atoms with Crippen molar-refractivity contribution < 1.29 is 13.9 Å². The Bertz CT molecular complexity index is 1460. The summed E-state index contributed by atoms with van der Waals surface area (Å²) in [5, 5.41) is 23.0. The van der Waals surface area contributed by atoms with Crippen molar-refractivity contribution in [1.29, 1.82) is 0 Å². The van der Waals surface area contributed by atoms with E-state index >= 15 is 0 Å². The van der Waals surface area contributed by atoms with Crippen molar-refractivity contribution in [3.63, 3.8) is 0 Å². The van der Waals surface area contributed by atoms with E-state index in [2.05, 4.69) is 29.1 Å². The third-order valence-corrected chi connectivity index (χ3v) is 8.17. The summed E-state index contributed by atoms with van der Waals surface area (Å²) in [7, 11) is 0. The van der Waals surface area contributed by atoms with Gasteiger partial charge in [-0.05, 0) is 67.0 Å². The Morgan fingerprint density at radius 2 is 1.83 bits per heavy atom. The predicted molar refractivity (Wildman–Crippen MR) is 131 cm³/mol. The molecular weight excluding hydrogens is 460 g/mol. The summed E-state index contributed by atoms with van der Waals surface area (Å²) in [6.07, 6.45) is 4.95. The van der Waals surface area contributed by atoms with E-state index in [4.69, 9.17) is 4.98 Å². The molecule has 6 nitrogen and oxygen atoms in total. The molecule has 6 rings (SSSR count). The number of hydrogen-bond donors (Lipinski definition) is 1. The molecule has 0 spiro atoms. The molecule has 0 aliphatic heterocycles. The van der Waals surface area contributed by atoms with Crippen LogP contribution >= 0.6 is 0 Å². The fourth-order valence-electron chi connectivity index (χ4n) is 6.46. The van der Waals surface area contributed by atoms with E-state index in [0.717, 1.165) is 41.1 Å². The predicted octanol–water partition coefficient (Wildman–Crippen LogP) is 5.26. The number of pyridine rings is 1. The molecule has 1 aromatic carbocycles. The summed E-state index contributed by atoms with van der Waals surface area (Å²) >= 11 is 0. The molecule has 2 aliphatic carbocycles. The van der Waals surface area contributed by atoms with Gasteiger partial charge in [0, 0.05) is 11.8 Å². The van der Waals surface area contributed by atoms with Crippen molar-refractivity contribution in [3.8, 4) is 22.5 Å². The number of aliphatic hydroxyl groups is 1. The molecule has 36 heavy (non-hydrogen) atoms. The molecule has 1 N–H and O–H groups in total. The second kappa shape index (κ2) is 8.00. The van der Waals surface area contributed by atoms with E-state index in [1.54, 1.807) is 17.8 Å². The van der Waals surface area contributed by atoms with Crippen molar-refractivity contribution in [1.82, 2.24) is 25.0 Å². The number of rotatable bonds is 5. The van der Waals surface area contributed by atoms with Crippen LogP contribution in [-0.2, 0) is 12.0 Å². The number of hydrogen-bond acceptors (Lipinski definition) is 5. The molecule has 3 aromatic heterocycles. The Morgan fingerprint density at radius 1 is 1.08 bits per heavy atom. The minimum absolute atomic E-state index is 0.142. The smallest absolute Gasteiger partial charge is 0.135 e. The van der Waals surface area contributed by atoms with Crippen LogP contribution in [0.5, 0.6) is 0 Å². The van der Waals surface area contributed by atoms with Crippen molar-refractivity contribution >= 4 is 0 Å². The molecule has 1 fully saturated rings. The minimum atomic E-state index is -0.646. The van der Waals surface area contributed by atoms with Gasteiger partial charge in [-0.15, -0.1) is 5.10 Å². The van der Waals surface area contributed by atoms with E-state index in [-0.39, 0.29) is 22.6 Å². The third-order valence-electron chi connectivity index (χ3n) is 8.17. The molecule has 3 atom stereocenters. The van der Waals surface area contributed by atoms with Crippen LogP contribution in [0.4, 0.5) is 8.78 Å².